The van der Waals surface area contributed by atoms with E-state index in [0.29, 0.717) is 11.6 Å². The summed E-state index contributed by atoms with van der Waals surface area (Å²) in [6.07, 6.45) is 11.6. The summed E-state index contributed by atoms with van der Waals surface area (Å²) in [5.74, 6) is 1.55. The summed E-state index contributed by atoms with van der Waals surface area (Å²) < 4.78 is 2.27. The first-order chi connectivity index (χ1) is 12.1. The standard InChI is InChI=1S/C18H26N6O/c1-22(2)9-3-10-23-13-8-21-17(23)15-4-11-24(12-5-15)18(25)16-14-19-6-7-20-16/h6-8,13-15H,3-5,9-12H2,1-2H3. The third-order valence-electron chi connectivity index (χ3n) is 4.68. The number of carbonyl (C=O) groups excluding carboxylic acids is 1. The number of aryl methyl sites for hydroxylation is 1. The van der Waals surface area contributed by atoms with Crippen molar-refractivity contribution >= 4 is 5.91 Å². The van der Waals surface area contributed by atoms with Crippen molar-refractivity contribution in [2.45, 2.75) is 31.7 Å². The predicted molar refractivity (Wildman–Crippen MR) is 95.3 cm³/mol. The van der Waals surface area contributed by atoms with Gasteiger partial charge in [0.25, 0.3) is 5.91 Å². The Morgan fingerprint density at radius 2 is 2.00 bits per heavy atom. The fourth-order valence-electron chi connectivity index (χ4n) is 3.34. The molecule has 3 rings (SSSR count). The highest BCUT2D eigenvalue weighted by molar-refractivity contribution is 5.92. The summed E-state index contributed by atoms with van der Waals surface area (Å²) in [7, 11) is 4.19. The average Bonchev–Trinajstić information content (AvgIpc) is 3.10. The first kappa shape index (κ1) is 17.5. The fraction of sp³-hybridized carbons (Fsp3) is 0.556. The van der Waals surface area contributed by atoms with E-state index in [-0.39, 0.29) is 5.91 Å². The SMILES string of the molecule is CN(C)CCCn1ccnc1C1CCN(C(=O)c2cnccn2)CC1. The Bertz CT molecular complexity index is 676. The monoisotopic (exact) mass is 342 g/mol. The van der Waals surface area contributed by atoms with E-state index >= 15 is 0 Å². The van der Waals surface area contributed by atoms with Crippen LogP contribution in [0.2, 0.25) is 0 Å². The summed E-state index contributed by atoms with van der Waals surface area (Å²) in [6.45, 7) is 3.55. The first-order valence-electron chi connectivity index (χ1n) is 8.86. The molecule has 2 aromatic rings. The van der Waals surface area contributed by atoms with E-state index in [1.165, 1.54) is 6.20 Å². The number of amides is 1. The third kappa shape index (κ3) is 4.42. The molecule has 7 heteroatoms. The van der Waals surface area contributed by atoms with Crippen molar-refractivity contribution in [2.75, 3.05) is 33.7 Å². The lowest BCUT2D eigenvalue weighted by atomic mass is 9.95. The number of rotatable bonds is 6. The van der Waals surface area contributed by atoms with Gasteiger partial charge in [-0.05, 0) is 39.9 Å². The summed E-state index contributed by atoms with van der Waals surface area (Å²) >= 11 is 0. The molecule has 0 radical (unpaired) electrons. The van der Waals surface area contributed by atoms with E-state index < -0.39 is 0 Å². The third-order valence-corrected chi connectivity index (χ3v) is 4.68. The minimum absolute atomic E-state index is 0.0270. The maximum absolute atomic E-state index is 12.5. The number of piperidine rings is 1. The van der Waals surface area contributed by atoms with Gasteiger partial charge in [-0.15, -0.1) is 0 Å². The lowest BCUT2D eigenvalue weighted by Crippen LogP contribution is -2.38. The Hall–Kier alpha value is -2.28. The Morgan fingerprint density at radius 3 is 2.68 bits per heavy atom. The zero-order valence-corrected chi connectivity index (χ0v) is 15.0. The van der Waals surface area contributed by atoms with Gasteiger partial charge in [0.1, 0.15) is 11.5 Å². The molecule has 0 atom stereocenters. The van der Waals surface area contributed by atoms with Crippen LogP contribution in [0, 0.1) is 0 Å². The molecule has 1 saturated heterocycles. The highest BCUT2D eigenvalue weighted by atomic mass is 16.2. The van der Waals surface area contributed by atoms with Gasteiger partial charge in [0.05, 0.1) is 6.20 Å². The van der Waals surface area contributed by atoms with E-state index in [1.807, 2.05) is 11.1 Å². The number of likely N-dealkylation sites (tertiary alicyclic amines) is 1. The van der Waals surface area contributed by atoms with Crippen LogP contribution in [0.5, 0.6) is 0 Å². The molecule has 1 amide bonds. The molecular weight excluding hydrogens is 316 g/mol. The maximum Gasteiger partial charge on any atom is 0.274 e. The van der Waals surface area contributed by atoms with Gasteiger partial charge in [0.15, 0.2) is 0 Å². The van der Waals surface area contributed by atoms with Gasteiger partial charge in [0.2, 0.25) is 0 Å². The van der Waals surface area contributed by atoms with E-state index in [2.05, 4.69) is 44.7 Å². The fourth-order valence-corrected chi connectivity index (χ4v) is 3.34. The van der Waals surface area contributed by atoms with Crippen molar-refractivity contribution < 1.29 is 4.79 Å². The van der Waals surface area contributed by atoms with Gasteiger partial charge in [-0.1, -0.05) is 0 Å². The molecule has 2 aromatic heterocycles. The second kappa shape index (κ2) is 8.20. The molecule has 25 heavy (non-hydrogen) atoms. The van der Waals surface area contributed by atoms with Crippen molar-refractivity contribution in [1.82, 2.24) is 29.3 Å². The molecule has 0 aromatic carbocycles. The van der Waals surface area contributed by atoms with Crippen LogP contribution in [0.1, 0.15) is 41.5 Å². The molecule has 1 aliphatic rings. The normalized spacial score (nSPS) is 15.7. The van der Waals surface area contributed by atoms with Gasteiger partial charge in [-0.2, -0.15) is 0 Å². The Labute approximate surface area is 148 Å². The van der Waals surface area contributed by atoms with Gasteiger partial charge >= 0.3 is 0 Å². The minimum Gasteiger partial charge on any atom is -0.337 e. The van der Waals surface area contributed by atoms with Crippen LogP contribution >= 0.6 is 0 Å². The van der Waals surface area contributed by atoms with Crippen molar-refractivity contribution in [1.29, 1.82) is 0 Å². The molecule has 134 valence electrons. The molecule has 7 nitrogen and oxygen atoms in total. The van der Waals surface area contributed by atoms with Crippen LogP contribution in [0.25, 0.3) is 0 Å². The summed E-state index contributed by atoms with van der Waals surface area (Å²) in [4.78, 5) is 29.2. The zero-order chi connectivity index (χ0) is 17.6. The molecule has 1 aliphatic heterocycles. The van der Waals surface area contributed by atoms with E-state index in [4.69, 9.17) is 0 Å². The molecule has 0 unspecified atom stereocenters. The molecule has 3 heterocycles. The quantitative estimate of drug-likeness (QED) is 0.798. The largest absolute Gasteiger partial charge is 0.337 e. The van der Waals surface area contributed by atoms with Gasteiger partial charge in [0, 0.05) is 50.3 Å². The van der Waals surface area contributed by atoms with E-state index in [0.717, 1.165) is 51.3 Å². The number of carbonyl (C=O) groups is 1. The molecule has 0 bridgehead atoms. The second-order valence-electron chi connectivity index (χ2n) is 6.79. The Morgan fingerprint density at radius 1 is 1.20 bits per heavy atom. The van der Waals surface area contributed by atoms with Crippen LogP contribution in [0.3, 0.4) is 0 Å². The number of aromatic nitrogens is 4. The van der Waals surface area contributed by atoms with E-state index in [1.54, 1.807) is 12.4 Å². The lowest BCUT2D eigenvalue weighted by Gasteiger charge is -2.31. The van der Waals surface area contributed by atoms with Crippen LogP contribution in [-0.4, -0.2) is 69.0 Å². The van der Waals surface area contributed by atoms with Crippen molar-refractivity contribution in [3.63, 3.8) is 0 Å². The number of hydrogen-bond donors (Lipinski definition) is 0. The van der Waals surface area contributed by atoms with Crippen LogP contribution in [0.4, 0.5) is 0 Å². The molecule has 0 saturated carbocycles. The average molecular weight is 342 g/mol. The molecule has 0 spiro atoms. The molecule has 0 aliphatic carbocycles. The molecule has 1 fully saturated rings. The topological polar surface area (TPSA) is 67.2 Å². The molecule has 0 N–H and O–H groups in total. The van der Waals surface area contributed by atoms with Gasteiger partial charge in [-0.3, -0.25) is 9.78 Å². The summed E-state index contributed by atoms with van der Waals surface area (Å²) in [5, 5.41) is 0. The van der Waals surface area contributed by atoms with E-state index in [9.17, 15) is 4.79 Å². The van der Waals surface area contributed by atoms with Crippen molar-refractivity contribution in [3.05, 3.63) is 42.5 Å². The molecular formula is C18H26N6O. The van der Waals surface area contributed by atoms with Crippen molar-refractivity contribution in [3.8, 4) is 0 Å². The minimum atomic E-state index is -0.0270. The Kier molecular flexibility index (Phi) is 5.75. The highest BCUT2D eigenvalue weighted by Crippen LogP contribution is 2.27. The first-order valence-corrected chi connectivity index (χ1v) is 8.86. The second-order valence-corrected chi connectivity index (χ2v) is 6.79. The smallest absolute Gasteiger partial charge is 0.274 e. The van der Waals surface area contributed by atoms with Crippen molar-refractivity contribution in [2.24, 2.45) is 0 Å². The van der Waals surface area contributed by atoms with Crippen LogP contribution in [0.15, 0.2) is 31.0 Å². The Balaban J connectivity index is 1.56. The summed E-state index contributed by atoms with van der Waals surface area (Å²) in [5.41, 5.74) is 0.422. The van der Waals surface area contributed by atoms with Gasteiger partial charge < -0.3 is 14.4 Å². The number of hydrogen-bond acceptors (Lipinski definition) is 5. The maximum atomic E-state index is 12.5. The zero-order valence-electron chi connectivity index (χ0n) is 15.0. The lowest BCUT2D eigenvalue weighted by molar-refractivity contribution is 0.0704. The van der Waals surface area contributed by atoms with Crippen LogP contribution < -0.4 is 0 Å². The number of imidazole rings is 1. The summed E-state index contributed by atoms with van der Waals surface area (Å²) in [6, 6.07) is 0. The number of nitrogens with zero attached hydrogens (tertiary/aromatic N) is 6. The highest BCUT2D eigenvalue weighted by Gasteiger charge is 2.27. The van der Waals surface area contributed by atoms with Gasteiger partial charge in [-0.25, -0.2) is 9.97 Å². The predicted octanol–water partition coefficient (Wildman–Crippen LogP) is 1.64. The van der Waals surface area contributed by atoms with Crippen LogP contribution in [-0.2, 0) is 6.54 Å².